The Morgan fingerprint density at radius 1 is 0.537 bits per heavy atom. The number of hydrogen-bond donors (Lipinski definition) is 16. The van der Waals surface area contributed by atoms with E-state index >= 15 is 0 Å². The van der Waals surface area contributed by atoms with Gasteiger partial charge in [-0.05, 0) is 70.4 Å². The van der Waals surface area contributed by atoms with Crippen LogP contribution < -0.4 is 37.2 Å². The number of amides is 7. The molecule has 2 saturated heterocycles. The molecule has 2 saturated carbocycles. The first-order chi connectivity index (χ1) is 45.2. The van der Waals surface area contributed by atoms with Gasteiger partial charge in [0.25, 0.3) is 0 Å². The quantitative estimate of drug-likeness (QED) is 0.0273. The smallest absolute Gasteiger partial charge is 0.237 e. The minimum Gasteiger partial charge on any atom is -0.396 e. The van der Waals surface area contributed by atoms with E-state index in [1.165, 1.54) is 25.7 Å². The molecule has 2 heterocycles. The van der Waals surface area contributed by atoms with E-state index in [2.05, 4.69) is 37.2 Å². The lowest BCUT2D eigenvalue weighted by atomic mass is 9.79. The van der Waals surface area contributed by atoms with Crippen LogP contribution in [0.5, 0.6) is 0 Å². The molecular weight excluding hydrogens is 1260 g/mol. The number of carbonyl (C=O) groups is 7. The summed E-state index contributed by atoms with van der Waals surface area (Å²) in [5, 5.41) is 111. The van der Waals surface area contributed by atoms with E-state index in [1.807, 2.05) is 20.8 Å². The Morgan fingerprint density at radius 3 is 1.43 bits per heavy atom. The van der Waals surface area contributed by atoms with Gasteiger partial charge in [-0.25, -0.2) is 0 Å². The van der Waals surface area contributed by atoms with E-state index in [-0.39, 0.29) is 122 Å². The SMILES string of the molecule is CC(=O)NC1C(OCCOCCNC(=O)CN(CC(=O)NCCOCCOC2OC(CO)C(O)C(O)C2NC(C)=O)C(Cc2ccc(CNC(=O)C3CCC(OC(C)(C)C)CC3)cc2)C(=O)NCCOCCOC2OC(CO)C(O)C(O)C2NC(C)=O)CC(CO)C(O)C1O. The van der Waals surface area contributed by atoms with Gasteiger partial charge >= 0.3 is 0 Å². The molecule has 0 spiro atoms. The maximum Gasteiger partial charge on any atom is 0.237 e. The third-order valence-corrected chi connectivity index (χ3v) is 16.4. The molecule has 1 aromatic carbocycles. The predicted molar refractivity (Wildman–Crippen MR) is 333 cm³/mol. The van der Waals surface area contributed by atoms with Crippen molar-refractivity contribution in [3.05, 3.63) is 35.4 Å². The summed E-state index contributed by atoms with van der Waals surface area (Å²) in [6, 6.07) is 2.65. The van der Waals surface area contributed by atoms with Gasteiger partial charge in [-0.3, -0.25) is 38.5 Å². The van der Waals surface area contributed by atoms with Crippen molar-refractivity contribution in [3.8, 4) is 0 Å². The van der Waals surface area contributed by atoms with Crippen LogP contribution in [-0.4, -0.2) is 308 Å². The van der Waals surface area contributed by atoms with E-state index in [9.17, 15) is 79.5 Å². The number of benzene rings is 1. The number of aliphatic hydroxyl groups is 9. The monoisotopic (exact) mass is 1360 g/mol. The molecule has 0 bridgehead atoms. The van der Waals surface area contributed by atoms with E-state index in [4.69, 9.17) is 42.6 Å². The summed E-state index contributed by atoms with van der Waals surface area (Å²) in [6.45, 7) is 6.45. The number of nitrogens with one attached hydrogen (secondary N) is 7. The summed E-state index contributed by atoms with van der Waals surface area (Å²) in [5.74, 6) is -4.26. The first kappa shape index (κ1) is 80.4. The number of nitrogens with zero attached hydrogens (tertiary/aromatic N) is 1. The second kappa shape index (κ2) is 41.2. The number of rotatable bonds is 39. The molecule has 5 rings (SSSR count). The van der Waals surface area contributed by atoms with Gasteiger partial charge in [0.15, 0.2) is 12.6 Å². The summed E-state index contributed by atoms with van der Waals surface area (Å²) >= 11 is 0. The zero-order valence-electron chi connectivity index (χ0n) is 55.2. The van der Waals surface area contributed by atoms with Crippen molar-refractivity contribution in [2.45, 2.75) is 190 Å². The fourth-order valence-corrected chi connectivity index (χ4v) is 11.6. The topological polar surface area (TPSA) is 472 Å². The summed E-state index contributed by atoms with van der Waals surface area (Å²) in [4.78, 5) is 92.7. The molecule has 4 fully saturated rings. The molecule has 16 atom stereocenters. The lowest BCUT2D eigenvalue weighted by Gasteiger charge is -2.42. The van der Waals surface area contributed by atoms with Gasteiger partial charge in [0, 0.05) is 65.4 Å². The molecule has 4 aliphatic rings. The molecule has 33 nitrogen and oxygen atoms in total. The molecule has 7 amide bonds. The van der Waals surface area contributed by atoms with Crippen molar-refractivity contribution >= 4 is 41.4 Å². The van der Waals surface area contributed by atoms with Gasteiger partial charge in [-0.2, -0.15) is 0 Å². The third-order valence-electron chi connectivity index (χ3n) is 16.4. The van der Waals surface area contributed by atoms with Crippen molar-refractivity contribution in [3.63, 3.8) is 0 Å². The average molecular weight is 1360 g/mol. The Hall–Kier alpha value is -5.25. The fraction of sp³-hybridized carbons (Fsp3) is 0.790. The first-order valence-corrected chi connectivity index (χ1v) is 32.4. The number of hydrogen-bond acceptors (Lipinski definition) is 26. The van der Waals surface area contributed by atoms with Gasteiger partial charge in [0.05, 0.1) is 122 Å². The summed E-state index contributed by atoms with van der Waals surface area (Å²) in [7, 11) is 0. The molecule has 95 heavy (non-hydrogen) atoms. The molecule has 1 aromatic rings. The molecule has 2 aliphatic heterocycles. The molecule has 16 N–H and O–H groups in total. The maximum absolute atomic E-state index is 14.5. The van der Waals surface area contributed by atoms with Crippen molar-refractivity contribution in [1.82, 2.24) is 42.1 Å². The second-order valence-corrected chi connectivity index (χ2v) is 25.1. The fourth-order valence-electron chi connectivity index (χ4n) is 11.6. The van der Waals surface area contributed by atoms with E-state index < -0.39 is 166 Å². The van der Waals surface area contributed by atoms with Crippen LogP contribution in [0.1, 0.15) is 84.8 Å². The van der Waals surface area contributed by atoms with Crippen molar-refractivity contribution in [2.24, 2.45) is 11.8 Å². The Balaban J connectivity index is 1.25. The summed E-state index contributed by atoms with van der Waals surface area (Å²) < 4.78 is 51.8. The van der Waals surface area contributed by atoms with Crippen LogP contribution in [0, 0.1) is 11.8 Å². The van der Waals surface area contributed by atoms with E-state index in [1.54, 1.807) is 24.3 Å². The van der Waals surface area contributed by atoms with Crippen LogP contribution in [0.2, 0.25) is 0 Å². The third kappa shape index (κ3) is 27.2. The lowest BCUT2D eigenvalue weighted by Crippen LogP contribution is -2.64. The number of aliphatic hydroxyl groups excluding tert-OH is 9. The van der Waals surface area contributed by atoms with Crippen LogP contribution in [0.25, 0.3) is 0 Å². The van der Waals surface area contributed by atoms with Gasteiger partial charge in [-0.1, -0.05) is 24.3 Å². The number of ether oxygens (including phenoxy) is 9. The van der Waals surface area contributed by atoms with Gasteiger partial charge in [-0.15, -0.1) is 0 Å². The van der Waals surface area contributed by atoms with Gasteiger partial charge < -0.3 is 126 Å². The van der Waals surface area contributed by atoms with E-state index in [0.717, 1.165) is 18.4 Å². The highest BCUT2D eigenvalue weighted by Crippen LogP contribution is 2.31. The van der Waals surface area contributed by atoms with Crippen LogP contribution in [-0.2, 0) is 89.2 Å². The largest absolute Gasteiger partial charge is 0.396 e. The molecule has 2 aliphatic carbocycles. The Bertz CT molecular complexity index is 2420. The molecule has 0 aromatic heterocycles. The highest BCUT2D eigenvalue weighted by atomic mass is 16.7. The highest BCUT2D eigenvalue weighted by molar-refractivity contribution is 5.86. The minimum atomic E-state index is -1.53. The zero-order valence-corrected chi connectivity index (χ0v) is 55.2. The van der Waals surface area contributed by atoms with Crippen molar-refractivity contribution in [1.29, 1.82) is 0 Å². The minimum absolute atomic E-state index is 0.00571. The molecule has 542 valence electrons. The van der Waals surface area contributed by atoms with Crippen molar-refractivity contribution in [2.75, 3.05) is 112 Å². The Kier molecular flexibility index (Phi) is 34.9. The zero-order chi connectivity index (χ0) is 69.8. The molecule has 16 unspecified atom stereocenters. The number of carbonyl (C=O) groups excluding carboxylic acids is 7. The first-order valence-electron chi connectivity index (χ1n) is 32.4. The lowest BCUT2D eigenvalue weighted by molar-refractivity contribution is -0.272. The Labute approximate surface area is 553 Å². The average Bonchev–Trinajstić information content (AvgIpc) is 0.862. The second-order valence-electron chi connectivity index (χ2n) is 25.1. The highest BCUT2D eigenvalue weighted by Gasteiger charge is 2.48. The predicted octanol–water partition coefficient (Wildman–Crippen LogP) is -6.17. The summed E-state index contributed by atoms with van der Waals surface area (Å²) in [6.07, 6.45) is -11.3. The maximum atomic E-state index is 14.5. The van der Waals surface area contributed by atoms with Crippen LogP contribution in [0.15, 0.2) is 24.3 Å². The Morgan fingerprint density at radius 2 is 0.979 bits per heavy atom. The van der Waals surface area contributed by atoms with Gasteiger partial charge in [0.1, 0.15) is 54.8 Å². The standard InChI is InChI=1S/C62H104N8O25/c1-35(74)67-49-44(28-41(32-71)52(79)55(49)82)90-24-21-87-18-15-63-47(77)30-70(31-48(78)64-16-19-88-22-25-91-60-50(68-36(2)75)56(83)53(80)45(33-72)93-60)43(27-38-7-9-39(10-8-38)29-66-58(85)40-11-13-42(14-12-40)95-62(4,5)6)59(86)65-17-20-89-23-26-92-61-51(69-37(3)76)57(84)54(81)46(34-73)94-61/h7-10,40-46,49-57,60-61,71-73,79-84H,11-34H2,1-6H3,(H,63,77)(H,64,78)(H,65,86)(H,66,85)(H,67,74)(H,68,75)(H,69,76). The molecule has 33 heteroatoms. The summed E-state index contributed by atoms with van der Waals surface area (Å²) in [5.41, 5.74) is 1.12. The van der Waals surface area contributed by atoms with E-state index in [0.29, 0.717) is 18.4 Å². The molecule has 0 radical (unpaired) electrons. The van der Waals surface area contributed by atoms with Gasteiger partial charge in [0.2, 0.25) is 41.4 Å². The van der Waals surface area contributed by atoms with Crippen LogP contribution >= 0.6 is 0 Å². The van der Waals surface area contributed by atoms with Crippen molar-refractivity contribution < 1.29 is 122 Å². The molecular formula is C62H104N8O25. The van der Waals surface area contributed by atoms with Crippen LogP contribution in [0.3, 0.4) is 0 Å². The normalized spacial score (nSPS) is 29.0. The van der Waals surface area contributed by atoms with Crippen LogP contribution in [0.4, 0.5) is 0 Å².